The first-order chi connectivity index (χ1) is 8.24. The average Bonchev–Trinajstić information content (AvgIpc) is 2.38. The Labute approximate surface area is 102 Å². The summed E-state index contributed by atoms with van der Waals surface area (Å²) in [6.45, 7) is 3.67. The number of rotatable bonds is 3. The Hall–Kier alpha value is -1.55. The number of benzene rings is 1. The van der Waals surface area contributed by atoms with Gasteiger partial charge in [-0.05, 0) is 32.0 Å². The molecule has 0 aliphatic carbocycles. The van der Waals surface area contributed by atoms with E-state index in [1.807, 2.05) is 30.1 Å². The van der Waals surface area contributed by atoms with E-state index in [1.165, 1.54) is 0 Å². The highest BCUT2D eigenvalue weighted by atomic mass is 16.2. The van der Waals surface area contributed by atoms with Crippen LogP contribution in [0.25, 0.3) is 0 Å². The van der Waals surface area contributed by atoms with E-state index in [2.05, 4.69) is 23.6 Å². The van der Waals surface area contributed by atoms with Gasteiger partial charge in [-0.15, -0.1) is 0 Å². The Morgan fingerprint density at radius 3 is 2.88 bits per heavy atom. The lowest BCUT2D eigenvalue weighted by Crippen LogP contribution is -2.47. The largest absolute Gasteiger partial charge is 0.338 e. The molecule has 0 saturated carbocycles. The highest BCUT2D eigenvalue weighted by Crippen LogP contribution is 2.27. The zero-order valence-corrected chi connectivity index (χ0v) is 10.4. The molecule has 2 N–H and O–H groups in total. The van der Waals surface area contributed by atoms with Crippen molar-refractivity contribution in [2.75, 3.05) is 25.0 Å². The minimum Gasteiger partial charge on any atom is -0.338 e. The number of nitrogens with one attached hydrogen (secondary N) is 2. The molecule has 17 heavy (non-hydrogen) atoms. The summed E-state index contributed by atoms with van der Waals surface area (Å²) >= 11 is 0. The summed E-state index contributed by atoms with van der Waals surface area (Å²) < 4.78 is 0. The normalized spacial score (nSPS) is 17.8. The highest BCUT2D eigenvalue weighted by molar-refractivity contribution is 5.93. The number of amides is 2. The Bertz CT molecular complexity index is 405. The Kier molecular flexibility index (Phi) is 3.64. The van der Waals surface area contributed by atoms with E-state index in [-0.39, 0.29) is 12.1 Å². The number of carbonyl (C=O) groups excluding carboxylic acids is 1. The van der Waals surface area contributed by atoms with Gasteiger partial charge in [-0.2, -0.15) is 0 Å². The second-order valence-electron chi connectivity index (χ2n) is 4.31. The van der Waals surface area contributed by atoms with Gasteiger partial charge >= 0.3 is 6.03 Å². The van der Waals surface area contributed by atoms with E-state index in [1.54, 1.807) is 0 Å². The van der Waals surface area contributed by atoms with Gasteiger partial charge < -0.3 is 10.6 Å². The van der Waals surface area contributed by atoms with E-state index in [0.29, 0.717) is 0 Å². The molecule has 4 heteroatoms. The smallest absolute Gasteiger partial charge is 0.321 e. The molecule has 0 spiro atoms. The maximum atomic E-state index is 11.9. The summed E-state index contributed by atoms with van der Waals surface area (Å²) in [5.74, 6) is 0. The molecule has 1 atom stereocenters. The van der Waals surface area contributed by atoms with Crippen molar-refractivity contribution in [2.45, 2.75) is 19.4 Å². The van der Waals surface area contributed by atoms with Crippen molar-refractivity contribution in [2.24, 2.45) is 0 Å². The first-order valence-electron chi connectivity index (χ1n) is 6.05. The van der Waals surface area contributed by atoms with E-state index in [0.717, 1.165) is 30.8 Å². The summed E-state index contributed by atoms with van der Waals surface area (Å²) in [5, 5.41) is 6.10. The fourth-order valence-corrected chi connectivity index (χ4v) is 2.11. The molecule has 0 bridgehead atoms. The van der Waals surface area contributed by atoms with Gasteiger partial charge in [0.25, 0.3) is 0 Å². The third-order valence-corrected chi connectivity index (χ3v) is 3.21. The monoisotopic (exact) mass is 233 g/mol. The zero-order chi connectivity index (χ0) is 12.3. The van der Waals surface area contributed by atoms with Gasteiger partial charge in [0.05, 0.1) is 5.69 Å². The van der Waals surface area contributed by atoms with Crippen LogP contribution in [0.5, 0.6) is 0 Å². The van der Waals surface area contributed by atoms with Crippen LogP contribution in [0.3, 0.4) is 0 Å². The van der Waals surface area contributed by atoms with Gasteiger partial charge in [-0.1, -0.05) is 18.2 Å². The first kappa shape index (κ1) is 11.9. The molecule has 1 saturated heterocycles. The topological polar surface area (TPSA) is 44.4 Å². The molecule has 1 heterocycles. The fraction of sp³-hybridized carbons (Fsp3) is 0.462. The predicted molar refractivity (Wildman–Crippen MR) is 69.3 cm³/mol. The van der Waals surface area contributed by atoms with Gasteiger partial charge in [0.2, 0.25) is 0 Å². The minimum absolute atomic E-state index is 0.00648. The van der Waals surface area contributed by atoms with E-state index < -0.39 is 0 Å². The van der Waals surface area contributed by atoms with Crippen LogP contribution in [0.4, 0.5) is 10.5 Å². The van der Waals surface area contributed by atoms with E-state index in [4.69, 9.17) is 0 Å². The molecule has 2 rings (SSSR count). The molecule has 2 amide bonds. The first-order valence-corrected chi connectivity index (χ1v) is 6.05. The van der Waals surface area contributed by atoms with Crippen molar-refractivity contribution in [1.82, 2.24) is 10.6 Å². The van der Waals surface area contributed by atoms with Crippen LogP contribution >= 0.6 is 0 Å². The molecule has 1 aromatic rings. The van der Waals surface area contributed by atoms with Crippen LogP contribution in [0.1, 0.15) is 24.9 Å². The molecular formula is C13H19N3O. The Balaban J connectivity index is 2.33. The fourth-order valence-electron chi connectivity index (χ4n) is 2.11. The van der Waals surface area contributed by atoms with E-state index >= 15 is 0 Å². The van der Waals surface area contributed by atoms with Crippen molar-refractivity contribution in [1.29, 1.82) is 0 Å². The number of anilines is 1. The molecule has 1 aliphatic heterocycles. The molecule has 4 nitrogen and oxygen atoms in total. The summed E-state index contributed by atoms with van der Waals surface area (Å²) in [5.41, 5.74) is 2.17. The van der Waals surface area contributed by atoms with Crippen molar-refractivity contribution in [3.63, 3.8) is 0 Å². The predicted octanol–water partition coefficient (Wildman–Crippen LogP) is 1.89. The molecular weight excluding hydrogens is 214 g/mol. The van der Waals surface area contributed by atoms with Crippen LogP contribution in [0.15, 0.2) is 24.3 Å². The molecule has 0 radical (unpaired) electrons. The molecule has 0 aromatic heterocycles. The lowest BCUT2D eigenvalue weighted by Gasteiger charge is -2.30. The molecule has 1 fully saturated rings. The third kappa shape index (κ3) is 2.42. The zero-order valence-electron chi connectivity index (χ0n) is 10.4. The summed E-state index contributed by atoms with van der Waals surface area (Å²) in [4.78, 5) is 13.7. The second-order valence-corrected chi connectivity index (χ2v) is 4.31. The van der Waals surface area contributed by atoms with Crippen molar-refractivity contribution >= 4 is 11.7 Å². The summed E-state index contributed by atoms with van der Waals surface area (Å²) in [7, 11) is 1.93. The van der Waals surface area contributed by atoms with Crippen molar-refractivity contribution in [3.8, 4) is 0 Å². The maximum Gasteiger partial charge on any atom is 0.321 e. The van der Waals surface area contributed by atoms with Gasteiger partial charge in [-0.25, -0.2) is 4.79 Å². The number of urea groups is 1. The molecule has 1 aliphatic rings. The van der Waals surface area contributed by atoms with Crippen LogP contribution in [-0.2, 0) is 0 Å². The Morgan fingerprint density at radius 1 is 1.41 bits per heavy atom. The van der Waals surface area contributed by atoms with E-state index in [9.17, 15) is 4.79 Å². The van der Waals surface area contributed by atoms with Gasteiger partial charge in [-0.3, -0.25) is 4.90 Å². The SMILES string of the molecule is CNC(C)c1ccccc1N1CCCNC1=O. The summed E-state index contributed by atoms with van der Waals surface area (Å²) in [6.07, 6.45) is 0.994. The number of hydrogen-bond donors (Lipinski definition) is 2. The van der Waals surface area contributed by atoms with Gasteiger partial charge in [0.1, 0.15) is 0 Å². The molecule has 1 aromatic carbocycles. The van der Waals surface area contributed by atoms with Crippen molar-refractivity contribution in [3.05, 3.63) is 29.8 Å². The van der Waals surface area contributed by atoms with Crippen LogP contribution < -0.4 is 15.5 Å². The molecule has 1 unspecified atom stereocenters. The van der Waals surface area contributed by atoms with Gasteiger partial charge in [0.15, 0.2) is 0 Å². The number of nitrogens with zero attached hydrogens (tertiary/aromatic N) is 1. The minimum atomic E-state index is 0.00648. The number of carbonyl (C=O) groups is 1. The van der Waals surface area contributed by atoms with Crippen LogP contribution in [0, 0.1) is 0 Å². The number of hydrogen-bond acceptors (Lipinski definition) is 2. The van der Waals surface area contributed by atoms with Crippen molar-refractivity contribution < 1.29 is 4.79 Å². The quantitative estimate of drug-likeness (QED) is 0.837. The number of para-hydroxylation sites is 1. The van der Waals surface area contributed by atoms with Gasteiger partial charge in [0, 0.05) is 19.1 Å². The Morgan fingerprint density at radius 2 is 2.18 bits per heavy atom. The average molecular weight is 233 g/mol. The highest BCUT2D eigenvalue weighted by Gasteiger charge is 2.22. The van der Waals surface area contributed by atoms with Crippen LogP contribution in [0.2, 0.25) is 0 Å². The summed E-state index contributed by atoms with van der Waals surface area (Å²) in [6, 6.07) is 8.30. The standard InChI is InChI=1S/C13H19N3O/c1-10(14-2)11-6-3-4-7-12(11)16-9-5-8-15-13(16)17/h3-4,6-7,10,14H,5,8-9H2,1-2H3,(H,15,17). The third-order valence-electron chi connectivity index (χ3n) is 3.21. The van der Waals surface area contributed by atoms with Crippen LogP contribution in [-0.4, -0.2) is 26.2 Å². The molecule has 92 valence electrons. The lowest BCUT2D eigenvalue weighted by atomic mass is 10.0. The maximum absolute atomic E-state index is 11.9. The lowest BCUT2D eigenvalue weighted by molar-refractivity contribution is 0.243. The second kappa shape index (κ2) is 5.19.